The molecule has 0 aliphatic heterocycles. The first-order valence-electron chi connectivity index (χ1n) is 13.5. The fraction of sp³-hybridized carbons (Fsp3) is 0.222. The molecule has 0 atom stereocenters. The number of benzene rings is 4. The summed E-state index contributed by atoms with van der Waals surface area (Å²) in [6, 6.07) is 27.6. The van der Waals surface area contributed by atoms with Gasteiger partial charge in [-0.3, -0.25) is 0 Å². The molecule has 2 aliphatic carbocycles. The molecule has 2 aliphatic rings. The molecule has 0 saturated carbocycles. The molecule has 0 saturated heterocycles. The van der Waals surface area contributed by atoms with E-state index in [1.165, 1.54) is 72.0 Å². The van der Waals surface area contributed by atoms with Crippen LogP contribution in [0.25, 0.3) is 49.8 Å². The third kappa shape index (κ3) is 2.70. The topological polar surface area (TPSA) is 4.93 Å². The molecule has 37 heavy (non-hydrogen) atoms. The molecule has 0 spiro atoms. The average Bonchev–Trinajstić information content (AvgIpc) is 3.44. The van der Waals surface area contributed by atoms with Gasteiger partial charge in [-0.2, -0.15) is 0 Å². The highest BCUT2D eigenvalue weighted by atomic mass is 15.0. The molecule has 1 aromatic heterocycles. The summed E-state index contributed by atoms with van der Waals surface area (Å²) in [6.07, 6.45) is 6.60. The number of hydrogen-bond donors (Lipinski definition) is 0. The van der Waals surface area contributed by atoms with Crippen molar-refractivity contribution in [3.8, 4) is 22.3 Å². The van der Waals surface area contributed by atoms with Crippen molar-refractivity contribution in [2.75, 3.05) is 0 Å². The number of allylic oxidation sites excluding steroid dienone is 4. The first-order valence-corrected chi connectivity index (χ1v) is 13.5. The van der Waals surface area contributed by atoms with Gasteiger partial charge in [0.05, 0.1) is 11.0 Å². The van der Waals surface area contributed by atoms with Crippen LogP contribution in [0.4, 0.5) is 0 Å². The molecule has 5 aromatic rings. The molecule has 0 radical (unpaired) electrons. The highest BCUT2D eigenvalue weighted by Crippen LogP contribution is 2.57. The fourth-order valence-electron chi connectivity index (χ4n) is 7.28. The second kappa shape index (κ2) is 7.35. The van der Waals surface area contributed by atoms with Crippen LogP contribution in [0.1, 0.15) is 63.8 Å². The summed E-state index contributed by atoms with van der Waals surface area (Å²) >= 11 is 0. The van der Waals surface area contributed by atoms with Crippen LogP contribution in [0.3, 0.4) is 0 Å². The van der Waals surface area contributed by atoms with Crippen LogP contribution in [0.2, 0.25) is 0 Å². The van der Waals surface area contributed by atoms with Crippen molar-refractivity contribution >= 4 is 27.5 Å². The van der Waals surface area contributed by atoms with Crippen LogP contribution < -0.4 is 0 Å². The van der Waals surface area contributed by atoms with Crippen LogP contribution >= 0.6 is 0 Å². The number of fused-ring (bicyclic) bond motifs is 10. The van der Waals surface area contributed by atoms with Gasteiger partial charge >= 0.3 is 0 Å². The Balaban J connectivity index is 1.61. The third-order valence-corrected chi connectivity index (χ3v) is 9.04. The molecule has 1 heterocycles. The number of rotatable bonds is 2. The first-order chi connectivity index (χ1) is 17.8. The van der Waals surface area contributed by atoms with Gasteiger partial charge in [-0.05, 0) is 76.6 Å². The molecule has 7 rings (SSSR count). The van der Waals surface area contributed by atoms with E-state index in [9.17, 15) is 0 Å². The summed E-state index contributed by atoms with van der Waals surface area (Å²) in [5, 5.41) is 2.64. The van der Waals surface area contributed by atoms with Gasteiger partial charge in [-0.25, -0.2) is 0 Å². The van der Waals surface area contributed by atoms with E-state index in [1.54, 1.807) is 0 Å². The van der Waals surface area contributed by atoms with E-state index in [2.05, 4.69) is 137 Å². The highest BCUT2D eigenvalue weighted by Gasteiger charge is 2.43. The van der Waals surface area contributed by atoms with Gasteiger partial charge in [0, 0.05) is 27.3 Å². The molecule has 0 unspecified atom stereocenters. The van der Waals surface area contributed by atoms with Crippen molar-refractivity contribution in [3.63, 3.8) is 0 Å². The SMILES string of the molecule is C/C=C\C(=C/C)n1c2ccccc2c2ccc3c(c21)C(C)(C)c1cc2c(cc1-3)-c1ccccc1C2(C)C. The average molecular weight is 480 g/mol. The summed E-state index contributed by atoms with van der Waals surface area (Å²) < 4.78 is 2.49. The Hall–Kier alpha value is -3.84. The quantitative estimate of drug-likeness (QED) is 0.222. The molecule has 0 bridgehead atoms. The van der Waals surface area contributed by atoms with Crippen molar-refractivity contribution in [1.82, 2.24) is 4.57 Å². The number of nitrogens with zero attached hydrogens (tertiary/aromatic N) is 1. The van der Waals surface area contributed by atoms with E-state index in [1.807, 2.05) is 0 Å². The smallest absolute Gasteiger partial charge is 0.0588 e. The lowest BCUT2D eigenvalue weighted by molar-refractivity contribution is 0.641. The van der Waals surface area contributed by atoms with Crippen molar-refractivity contribution in [2.24, 2.45) is 0 Å². The summed E-state index contributed by atoms with van der Waals surface area (Å²) in [5.74, 6) is 0. The van der Waals surface area contributed by atoms with E-state index >= 15 is 0 Å². The minimum Gasteiger partial charge on any atom is -0.309 e. The Bertz CT molecular complexity index is 1830. The molecule has 1 nitrogen and oxygen atoms in total. The van der Waals surface area contributed by atoms with Crippen molar-refractivity contribution < 1.29 is 0 Å². The van der Waals surface area contributed by atoms with E-state index in [4.69, 9.17) is 0 Å². The van der Waals surface area contributed by atoms with E-state index in [0.717, 1.165) is 0 Å². The van der Waals surface area contributed by atoms with E-state index in [0.29, 0.717) is 0 Å². The van der Waals surface area contributed by atoms with Gasteiger partial charge in [-0.15, -0.1) is 0 Å². The summed E-state index contributed by atoms with van der Waals surface area (Å²) in [7, 11) is 0. The number of para-hydroxylation sites is 1. The number of aromatic nitrogens is 1. The minimum absolute atomic E-state index is 0.0000680. The second-order valence-electron chi connectivity index (χ2n) is 11.7. The van der Waals surface area contributed by atoms with Crippen LogP contribution in [0.5, 0.6) is 0 Å². The summed E-state index contributed by atoms with van der Waals surface area (Å²) in [4.78, 5) is 0. The Kier molecular flexibility index (Phi) is 4.45. The largest absolute Gasteiger partial charge is 0.309 e. The Morgan fingerprint density at radius 3 is 2.14 bits per heavy atom. The molecular formula is C36H33N. The predicted octanol–water partition coefficient (Wildman–Crippen LogP) is 9.84. The van der Waals surface area contributed by atoms with Crippen molar-refractivity contribution in [2.45, 2.75) is 52.4 Å². The normalized spacial score (nSPS) is 16.9. The van der Waals surface area contributed by atoms with Crippen LogP contribution in [-0.2, 0) is 10.8 Å². The lowest BCUT2D eigenvalue weighted by atomic mass is 9.77. The summed E-state index contributed by atoms with van der Waals surface area (Å²) in [5.41, 5.74) is 15.0. The Labute approximate surface area is 219 Å². The predicted molar refractivity (Wildman–Crippen MR) is 159 cm³/mol. The van der Waals surface area contributed by atoms with E-state index in [-0.39, 0.29) is 10.8 Å². The molecule has 0 N–H and O–H groups in total. The second-order valence-corrected chi connectivity index (χ2v) is 11.7. The highest BCUT2D eigenvalue weighted by molar-refractivity contribution is 6.14. The maximum atomic E-state index is 2.53. The lowest BCUT2D eigenvalue weighted by Gasteiger charge is -2.26. The summed E-state index contributed by atoms with van der Waals surface area (Å²) in [6.45, 7) is 13.8. The van der Waals surface area contributed by atoms with Crippen LogP contribution in [0.15, 0.2) is 91.0 Å². The van der Waals surface area contributed by atoms with Gasteiger partial charge < -0.3 is 4.57 Å². The van der Waals surface area contributed by atoms with Gasteiger partial charge in [0.15, 0.2) is 0 Å². The standard InChI is InChI=1S/C36H33N/c1-7-13-22(8-2)37-32-17-12-10-15-24(32)26-19-18-25-28-20-27-23-14-9-11-16-29(23)35(3,4)30(27)21-31(28)36(5,6)33(25)34(26)37/h7-21H,1-6H3/b13-7-,22-8+. The molecule has 182 valence electrons. The maximum absolute atomic E-state index is 2.53. The van der Waals surface area contributed by atoms with Gasteiger partial charge in [-0.1, -0.05) is 101 Å². The maximum Gasteiger partial charge on any atom is 0.0588 e. The molecule has 0 amide bonds. The van der Waals surface area contributed by atoms with Gasteiger partial charge in [0.25, 0.3) is 0 Å². The van der Waals surface area contributed by atoms with Gasteiger partial charge in [0.2, 0.25) is 0 Å². The molecule has 4 aromatic carbocycles. The fourth-order valence-corrected chi connectivity index (χ4v) is 7.28. The zero-order valence-corrected chi connectivity index (χ0v) is 22.6. The Morgan fingerprint density at radius 1 is 0.649 bits per heavy atom. The monoisotopic (exact) mass is 479 g/mol. The minimum atomic E-state index is -0.120. The van der Waals surface area contributed by atoms with Crippen molar-refractivity contribution in [1.29, 1.82) is 0 Å². The zero-order valence-electron chi connectivity index (χ0n) is 22.6. The zero-order chi connectivity index (χ0) is 25.7. The lowest BCUT2D eigenvalue weighted by Crippen LogP contribution is -2.19. The van der Waals surface area contributed by atoms with Crippen LogP contribution in [-0.4, -0.2) is 4.57 Å². The third-order valence-electron chi connectivity index (χ3n) is 9.04. The Morgan fingerprint density at radius 2 is 1.35 bits per heavy atom. The van der Waals surface area contributed by atoms with Crippen LogP contribution in [0, 0.1) is 0 Å². The first kappa shape index (κ1) is 22.4. The molecule has 0 fully saturated rings. The molecular weight excluding hydrogens is 446 g/mol. The molecule has 1 heteroatoms. The van der Waals surface area contributed by atoms with E-state index < -0.39 is 0 Å². The van der Waals surface area contributed by atoms with Gasteiger partial charge in [0.1, 0.15) is 0 Å². The van der Waals surface area contributed by atoms with Crippen molar-refractivity contribution in [3.05, 3.63) is 113 Å². The number of hydrogen-bond acceptors (Lipinski definition) is 0.